The molecule has 0 bridgehead atoms. The van der Waals surface area contributed by atoms with Gasteiger partial charge in [-0.25, -0.2) is 14.2 Å². The number of hydrogen-bond acceptors (Lipinski definition) is 4. The van der Waals surface area contributed by atoms with Gasteiger partial charge >= 0.3 is 5.97 Å². The average Bonchev–Trinajstić information content (AvgIpc) is 2.83. The Labute approximate surface area is 197 Å². The minimum Gasteiger partial charge on any atom is -0.478 e. The lowest BCUT2D eigenvalue weighted by Gasteiger charge is -2.30. The fraction of sp³-hybridized carbons (Fsp3) is 0.214. The van der Waals surface area contributed by atoms with Crippen molar-refractivity contribution in [1.29, 1.82) is 0 Å². The first kappa shape index (κ1) is 21.9. The SMILES string of the molecule is Cc1cc([C@@H](C)Nc2ccccc2C(=O)O)c2nc(N3CCc4ccccc4C3)cc(F)c2c1. The molecule has 3 aromatic carbocycles. The molecule has 0 radical (unpaired) electrons. The maximum absolute atomic E-state index is 15.4. The Kier molecular flexibility index (Phi) is 5.65. The summed E-state index contributed by atoms with van der Waals surface area (Å²) in [4.78, 5) is 18.7. The van der Waals surface area contributed by atoms with Gasteiger partial charge in [0, 0.05) is 35.8 Å². The maximum Gasteiger partial charge on any atom is 0.337 e. The van der Waals surface area contributed by atoms with Crippen LogP contribution in [0, 0.1) is 12.7 Å². The van der Waals surface area contributed by atoms with Crippen LogP contribution in [0.5, 0.6) is 0 Å². The predicted molar refractivity (Wildman–Crippen MR) is 133 cm³/mol. The minimum atomic E-state index is -0.999. The van der Waals surface area contributed by atoms with E-state index in [2.05, 4.69) is 22.3 Å². The molecule has 0 saturated carbocycles. The quantitative estimate of drug-likeness (QED) is 0.380. The van der Waals surface area contributed by atoms with E-state index in [0.29, 0.717) is 29.0 Å². The summed E-state index contributed by atoms with van der Waals surface area (Å²) in [6.45, 7) is 5.33. The molecule has 1 atom stereocenters. The summed E-state index contributed by atoms with van der Waals surface area (Å²) in [5.41, 5.74) is 5.61. The number of aromatic carboxylic acids is 1. The molecule has 0 fully saturated rings. The van der Waals surface area contributed by atoms with Crippen molar-refractivity contribution in [1.82, 2.24) is 4.98 Å². The van der Waals surface area contributed by atoms with Crippen LogP contribution in [-0.4, -0.2) is 22.6 Å². The third-order valence-corrected chi connectivity index (χ3v) is 6.47. The van der Waals surface area contributed by atoms with Crippen molar-refractivity contribution in [2.75, 3.05) is 16.8 Å². The molecule has 34 heavy (non-hydrogen) atoms. The number of nitrogens with one attached hydrogen (secondary N) is 1. The third-order valence-electron chi connectivity index (χ3n) is 6.47. The van der Waals surface area contributed by atoms with E-state index in [9.17, 15) is 9.90 Å². The van der Waals surface area contributed by atoms with Crippen LogP contribution in [0.15, 0.2) is 66.7 Å². The standard InChI is InChI=1S/C28H26FN3O2/c1-17-13-22(18(2)30-25-10-6-5-9-21(25)28(33)34)27-23(14-17)24(29)15-26(31-27)32-12-11-19-7-3-4-8-20(19)16-32/h3-10,13-15,18,30H,11-12,16H2,1-2H3,(H,33,34)/t18-/m1/s1. The maximum atomic E-state index is 15.4. The second kappa shape index (κ2) is 8.78. The van der Waals surface area contributed by atoms with Gasteiger partial charge in [0.1, 0.15) is 11.6 Å². The predicted octanol–water partition coefficient (Wildman–Crippen LogP) is 6.12. The van der Waals surface area contributed by atoms with E-state index in [4.69, 9.17) is 4.98 Å². The summed E-state index contributed by atoms with van der Waals surface area (Å²) >= 11 is 0. The van der Waals surface area contributed by atoms with Crippen LogP contribution in [0.4, 0.5) is 15.9 Å². The van der Waals surface area contributed by atoms with Crippen molar-refractivity contribution >= 4 is 28.4 Å². The van der Waals surface area contributed by atoms with Gasteiger partial charge in [0.25, 0.3) is 0 Å². The second-order valence-electron chi connectivity index (χ2n) is 8.87. The van der Waals surface area contributed by atoms with Crippen LogP contribution >= 0.6 is 0 Å². The van der Waals surface area contributed by atoms with Gasteiger partial charge in [-0.2, -0.15) is 0 Å². The highest BCUT2D eigenvalue weighted by atomic mass is 19.1. The van der Waals surface area contributed by atoms with Crippen LogP contribution < -0.4 is 10.2 Å². The lowest BCUT2D eigenvalue weighted by molar-refractivity contribution is 0.0698. The third kappa shape index (κ3) is 4.07. The molecule has 0 saturated heterocycles. The van der Waals surface area contributed by atoms with E-state index in [1.165, 1.54) is 17.2 Å². The van der Waals surface area contributed by atoms with Gasteiger partial charge in [-0.3, -0.25) is 0 Å². The largest absolute Gasteiger partial charge is 0.478 e. The number of carboxylic acid groups (broad SMARTS) is 1. The monoisotopic (exact) mass is 455 g/mol. The highest BCUT2D eigenvalue weighted by Gasteiger charge is 2.21. The fourth-order valence-corrected chi connectivity index (χ4v) is 4.74. The van der Waals surface area contributed by atoms with Crippen LogP contribution in [0.2, 0.25) is 0 Å². The van der Waals surface area contributed by atoms with Crippen molar-refractivity contribution < 1.29 is 14.3 Å². The van der Waals surface area contributed by atoms with Crippen molar-refractivity contribution in [3.63, 3.8) is 0 Å². The number of benzene rings is 3. The molecule has 1 aromatic heterocycles. The molecule has 0 aliphatic carbocycles. The van der Waals surface area contributed by atoms with Crippen molar-refractivity contribution in [2.24, 2.45) is 0 Å². The Morgan fingerprint density at radius 1 is 1.09 bits per heavy atom. The lowest BCUT2D eigenvalue weighted by atomic mass is 9.98. The van der Waals surface area contributed by atoms with Gasteiger partial charge in [-0.15, -0.1) is 0 Å². The normalized spacial score (nSPS) is 14.0. The molecule has 0 unspecified atom stereocenters. The van der Waals surface area contributed by atoms with Crippen molar-refractivity contribution in [3.8, 4) is 0 Å². The molecule has 5 rings (SSSR count). The van der Waals surface area contributed by atoms with E-state index < -0.39 is 5.97 Å². The molecule has 6 heteroatoms. The Hall–Kier alpha value is -3.93. The number of halogens is 1. The summed E-state index contributed by atoms with van der Waals surface area (Å²) in [7, 11) is 0. The van der Waals surface area contributed by atoms with E-state index in [1.54, 1.807) is 24.3 Å². The van der Waals surface area contributed by atoms with Gasteiger partial charge in [0.05, 0.1) is 17.1 Å². The van der Waals surface area contributed by atoms with E-state index in [1.807, 2.05) is 38.1 Å². The van der Waals surface area contributed by atoms with Gasteiger partial charge in [-0.1, -0.05) is 42.5 Å². The molecule has 2 heterocycles. The molecular formula is C28H26FN3O2. The number of pyridine rings is 1. The summed E-state index contributed by atoms with van der Waals surface area (Å²) in [5.74, 6) is -0.689. The number of para-hydroxylation sites is 1. The molecule has 1 aliphatic heterocycles. The van der Waals surface area contributed by atoms with Crippen LogP contribution in [-0.2, 0) is 13.0 Å². The number of fused-ring (bicyclic) bond motifs is 2. The molecule has 2 N–H and O–H groups in total. The molecule has 0 amide bonds. The second-order valence-corrected chi connectivity index (χ2v) is 8.87. The zero-order chi connectivity index (χ0) is 23.8. The zero-order valence-electron chi connectivity index (χ0n) is 19.2. The lowest BCUT2D eigenvalue weighted by Crippen LogP contribution is -2.31. The molecular weight excluding hydrogens is 429 g/mol. The number of carboxylic acids is 1. The smallest absolute Gasteiger partial charge is 0.337 e. The van der Waals surface area contributed by atoms with E-state index in [0.717, 1.165) is 24.1 Å². The van der Waals surface area contributed by atoms with Crippen molar-refractivity contribution in [2.45, 2.75) is 32.9 Å². The fourth-order valence-electron chi connectivity index (χ4n) is 4.74. The van der Waals surface area contributed by atoms with E-state index in [-0.39, 0.29) is 17.4 Å². The van der Waals surface area contributed by atoms with Crippen LogP contribution in [0.1, 0.15) is 45.6 Å². The highest BCUT2D eigenvalue weighted by molar-refractivity contribution is 5.94. The summed E-state index contributed by atoms with van der Waals surface area (Å²) in [6, 6.07) is 20.2. The number of aromatic nitrogens is 1. The Morgan fingerprint density at radius 2 is 1.82 bits per heavy atom. The number of anilines is 2. The van der Waals surface area contributed by atoms with E-state index >= 15 is 4.39 Å². The number of carbonyl (C=O) groups is 1. The van der Waals surface area contributed by atoms with Gasteiger partial charge in [-0.05, 0) is 55.2 Å². The first-order valence-corrected chi connectivity index (χ1v) is 11.4. The number of hydrogen-bond donors (Lipinski definition) is 2. The summed E-state index contributed by atoms with van der Waals surface area (Å²) in [6.07, 6.45) is 0.891. The number of nitrogens with zero attached hydrogens (tertiary/aromatic N) is 2. The van der Waals surface area contributed by atoms with Gasteiger partial charge in [0.15, 0.2) is 0 Å². The summed E-state index contributed by atoms with van der Waals surface area (Å²) in [5, 5.41) is 13.3. The van der Waals surface area contributed by atoms with Gasteiger partial charge in [0.2, 0.25) is 0 Å². The first-order valence-electron chi connectivity index (χ1n) is 11.4. The molecule has 4 aromatic rings. The molecule has 1 aliphatic rings. The molecule has 172 valence electrons. The van der Waals surface area contributed by atoms with Crippen LogP contribution in [0.3, 0.4) is 0 Å². The average molecular weight is 456 g/mol. The minimum absolute atomic E-state index is 0.193. The Morgan fingerprint density at radius 3 is 2.62 bits per heavy atom. The van der Waals surface area contributed by atoms with Gasteiger partial charge < -0.3 is 15.3 Å². The van der Waals surface area contributed by atoms with Crippen LogP contribution in [0.25, 0.3) is 10.9 Å². The first-order chi connectivity index (χ1) is 16.4. The number of aryl methyl sites for hydroxylation is 1. The zero-order valence-corrected chi connectivity index (χ0v) is 19.2. The Bertz CT molecular complexity index is 1400. The molecule has 0 spiro atoms. The topological polar surface area (TPSA) is 65.5 Å². The summed E-state index contributed by atoms with van der Waals surface area (Å²) < 4.78 is 15.4. The highest BCUT2D eigenvalue weighted by Crippen LogP contribution is 2.33. The Balaban J connectivity index is 1.55. The van der Waals surface area contributed by atoms with Crippen molar-refractivity contribution in [3.05, 3.63) is 100 Å². The number of rotatable bonds is 5. The molecule has 5 nitrogen and oxygen atoms in total.